The number of fused-ring (bicyclic) bond motifs is 1. The van der Waals surface area contributed by atoms with Crippen LogP contribution in [-0.2, 0) is 4.79 Å². The summed E-state index contributed by atoms with van der Waals surface area (Å²) in [6.45, 7) is 3.89. The molecule has 0 fully saturated rings. The lowest BCUT2D eigenvalue weighted by molar-refractivity contribution is -0.116. The highest BCUT2D eigenvalue weighted by Crippen LogP contribution is 2.49. The van der Waals surface area contributed by atoms with Crippen molar-refractivity contribution in [1.82, 2.24) is 0 Å². The Labute approximate surface area is 177 Å². The van der Waals surface area contributed by atoms with Crippen molar-refractivity contribution < 1.29 is 23.8 Å². The molecule has 5 nitrogen and oxygen atoms in total. The van der Waals surface area contributed by atoms with Gasteiger partial charge >= 0.3 is 5.97 Å². The number of rotatable bonds is 5. The molecule has 3 aromatic rings. The maximum Gasteiger partial charge on any atom is 0.346 e. The van der Waals surface area contributed by atoms with Gasteiger partial charge < -0.3 is 15.2 Å². The van der Waals surface area contributed by atoms with E-state index in [4.69, 9.17) is 4.74 Å². The summed E-state index contributed by atoms with van der Waals surface area (Å²) < 4.78 is 19.5. The van der Waals surface area contributed by atoms with E-state index in [1.807, 2.05) is 38.1 Å². The van der Waals surface area contributed by atoms with Gasteiger partial charge in [0.2, 0.25) is 5.91 Å². The first-order valence-corrected chi connectivity index (χ1v) is 10.4. The summed E-state index contributed by atoms with van der Waals surface area (Å²) in [6.07, 6.45) is 0.256. The zero-order valence-electron chi connectivity index (χ0n) is 16.4. The molecule has 0 spiro atoms. The first-order valence-electron chi connectivity index (χ1n) is 9.56. The number of hydrogen-bond donors (Lipinski definition) is 2. The molecule has 1 atom stereocenters. The van der Waals surface area contributed by atoms with Crippen LogP contribution >= 0.6 is 11.3 Å². The van der Waals surface area contributed by atoms with Crippen LogP contribution in [0.25, 0.3) is 11.1 Å². The van der Waals surface area contributed by atoms with E-state index in [1.54, 1.807) is 6.07 Å². The number of carbonyl (C=O) groups excluding carboxylic acids is 1. The van der Waals surface area contributed by atoms with Gasteiger partial charge in [-0.05, 0) is 49.2 Å². The van der Waals surface area contributed by atoms with Gasteiger partial charge in [0.05, 0.1) is 11.8 Å². The van der Waals surface area contributed by atoms with E-state index in [1.165, 1.54) is 18.2 Å². The quantitative estimate of drug-likeness (QED) is 0.565. The molecule has 7 heteroatoms. The fourth-order valence-electron chi connectivity index (χ4n) is 3.68. The van der Waals surface area contributed by atoms with Gasteiger partial charge in [0.1, 0.15) is 16.4 Å². The maximum absolute atomic E-state index is 13.8. The summed E-state index contributed by atoms with van der Waals surface area (Å²) in [4.78, 5) is 25.3. The fraction of sp³-hybridized carbons (Fsp3) is 0.217. The second kappa shape index (κ2) is 7.91. The van der Waals surface area contributed by atoms with Crippen LogP contribution in [0.5, 0.6) is 5.75 Å². The largest absolute Gasteiger partial charge is 0.491 e. The number of carboxylic acids is 1. The molecule has 1 aliphatic heterocycles. The predicted octanol–water partition coefficient (Wildman–Crippen LogP) is 5.51. The van der Waals surface area contributed by atoms with Crippen molar-refractivity contribution in [2.75, 3.05) is 5.32 Å². The topological polar surface area (TPSA) is 75.6 Å². The molecule has 154 valence electrons. The third kappa shape index (κ3) is 3.80. The Morgan fingerprint density at radius 2 is 1.97 bits per heavy atom. The summed E-state index contributed by atoms with van der Waals surface area (Å²) in [7, 11) is 0. The van der Waals surface area contributed by atoms with Gasteiger partial charge in [-0.2, -0.15) is 0 Å². The lowest BCUT2D eigenvalue weighted by Gasteiger charge is -2.24. The Hall–Kier alpha value is -3.19. The molecule has 1 amide bonds. The van der Waals surface area contributed by atoms with E-state index in [0.29, 0.717) is 16.8 Å². The molecule has 30 heavy (non-hydrogen) atoms. The zero-order chi connectivity index (χ0) is 21.4. The second-order valence-corrected chi connectivity index (χ2v) is 8.45. The van der Waals surface area contributed by atoms with Crippen LogP contribution in [0.1, 0.15) is 46.3 Å². The van der Waals surface area contributed by atoms with E-state index in [-0.39, 0.29) is 29.2 Å². The predicted molar refractivity (Wildman–Crippen MR) is 114 cm³/mol. The minimum atomic E-state index is -1.11. The summed E-state index contributed by atoms with van der Waals surface area (Å²) in [5, 5.41) is 12.6. The lowest BCUT2D eigenvalue weighted by atomic mass is 9.88. The van der Waals surface area contributed by atoms with Crippen LogP contribution in [0.3, 0.4) is 0 Å². The summed E-state index contributed by atoms with van der Waals surface area (Å²) in [6, 6.07) is 13.2. The Kier molecular flexibility index (Phi) is 5.30. The van der Waals surface area contributed by atoms with Crippen molar-refractivity contribution in [1.29, 1.82) is 0 Å². The molecule has 0 saturated heterocycles. The molecule has 0 bridgehead atoms. The average molecular weight is 425 g/mol. The summed E-state index contributed by atoms with van der Waals surface area (Å²) in [5.74, 6) is -1.34. The van der Waals surface area contributed by atoms with Gasteiger partial charge in [0.15, 0.2) is 0 Å². The van der Waals surface area contributed by atoms with Crippen molar-refractivity contribution in [3.05, 3.63) is 69.7 Å². The van der Waals surface area contributed by atoms with E-state index < -0.39 is 11.8 Å². The van der Waals surface area contributed by atoms with Gasteiger partial charge in [-0.25, -0.2) is 9.18 Å². The molecule has 2 N–H and O–H groups in total. The normalized spacial score (nSPS) is 15.6. The average Bonchev–Trinajstić information content (AvgIpc) is 3.07. The van der Waals surface area contributed by atoms with Gasteiger partial charge in [-0.3, -0.25) is 4.79 Å². The van der Waals surface area contributed by atoms with Crippen molar-refractivity contribution in [2.24, 2.45) is 0 Å². The highest BCUT2D eigenvalue weighted by molar-refractivity contribution is 7.15. The number of anilines is 1. The number of aromatic carboxylic acids is 1. The van der Waals surface area contributed by atoms with E-state index in [2.05, 4.69) is 5.32 Å². The molecule has 4 rings (SSSR count). The Bertz CT molecular complexity index is 1120. The standard InChI is InChI=1S/C23H20FNO4S/c1-12(2)29-16-8-6-13(7-9-16)17-11-18(26)25-20-19(14-4-3-5-15(24)10-14)22(23(27)28)30-21(17)20/h3-10,12,17H,11H2,1-2H3,(H,25,26)(H,27,28)/t17-/m1/s1. The first kappa shape index (κ1) is 20.1. The summed E-state index contributed by atoms with van der Waals surface area (Å²) in [5.41, 5.74) is 2.12. The van der Waals surface area contributed by atoms with Gasteiger partial charge in [0, 0.05) is 22.8 Å². The van der Waals surface area contributed by atoms with Crippen molar-refractivity contribution in [2.45, 2.75) is 32.3 Å². The lowest BCUT2D eigenvalue weighted by Crippen LogP contribution is -2.22. The Morgan fingerprint density at radius 1 is 1.23 bits per heavy atom. The number of halogens is 1. The molecule has 0 unspecified atom stereocenters. The molecule has 0 saturated carbocycles. The number of thiophene rings is 1. The minimum absolute atomic E-state index is 0.0483. The van der Waals surface area contributed by atoms with Crippen molar-refractivity contribution in [3.8, 4) is 16.9 Å². The number of benzene rings is 2. The number of carboxylic acid groups (broad SMARTS) is 1. The molecular weight excluding hydrogens is 405 g/mol. The van der Waals surface area contributed by atoms with E-state index in [0.717, 1.165) is 27.5 Å². The van der Waals surface area contributed by atoms with Crippen LogP contribution in [0, 0.1) is 5.82 Å². The highest BCUT2D eigenvalue weighted by Gasteiger charge is 2.34. The zero-order valence-corrected chi connectivity index (χ0v) is 17.3. The van der Waals surface area contributed by atoms with Gasteiger partial charge in [0.25, 0.3) is 0 Å². The maximum atomic E-state index is 13.8. The van der Waals surface area contributed by atoms with Gasteiger partial charge in [-0.15, -0.1) is 11.3 Å². The highest BCUT2D eigenvalue weighted by atomic mass is 32.1. The number of carbonyl (C=O) groups is 2. The molecule has 2 aromatic carbocycles. The summed E-state index contributed by atoms with van der Waals surface area (Å²) >= 11 is 1.12. The first-order chi connectivity index (χ1) is 14.3. The van der Waals surface area contributed by atoms with Crippen molar-refractivity contribution >= 4 is 28.9 Å². The van der Waals surface area contributed by atoms with Crippen LogP contribution < -0.4 is 10.1 Å². The number of amides is 1. The molecule has 1 aliphatic rings. The molecule has 1 aromatic heterocycles. The SMILES string of the molecule is CC(C)Oc1ccc([C@H]2CC(=O)Nc3c2sc(C(=O)O)c3-c2cccc(F)c2)cc1. The number of nitrogens with one attached hydrogen (secondary N) is 1. The van der Waals surface area contributed by atoms with Crippen LogP contribution in [-0.4, -0.2) is 23.1 Å². The monoisotopic (exact) mass is 425 g/mol. The third-order valence-corrected chi connectivity index (χ3v) is 6.16. The Balaban J connectivity index is 1.83. The minimum Gasteiger partial charge on any atom is -0.491 e. The van der Waals surface area contributed by atoms with Crippen LogP contribution in [0.2, 0.25) is 0 Å². The molecule has 0 radical (unpaired) electrons. The van der Waals surface area contributed by atoms with Crippen LogP contribution in [0.4, 0.5) is 10.1 Å². The smallest absolute Gasteiger partial charge is 0.346 e. The van der Waals surface area contributed by atoms with E-state index >= 15 is 0 Å². The third-order valence-electron chi connectivity index (χ3n) is 4.87. The number of hydrogen-bond acceptors (Lipinski definition) is 4. The molecule has 2 heterocycles. The molecule has 0 aliphatic carbocycles. The second-order valence-electron chi connectivity index (χ2n) is 7.40. The van der Waals surface area contributed by atoms with E-state index in [9.17, 15) is 19.1 Å². The van der Waals surface area contributed by atoms with Crippen molar-refractivity contribution in [3.63, 3.8) is 0 Å². The molecular formula is C23H20FNO4S. The fourth-order valence-corrected chi connectivity index (χ4v) is 4.92. The Morgan fingerprint density at radius 3 is 2.60 bits per heavy atom. The van der Waals surface area contributed by atoms with Gasteiger partial charge in [-0.1, -0.05) is 24.3 Å². The number of ether oxygens (including phenoxy) is 1. The van der Waals surface area contributed by atoms with Crippen LogP contribution in [0.15, 0.2) is 48.5 Å².